The average molecular weight is 1880 g/mol. The van der Waals surface area contributed by atoms with E-state index < -0.39 is 78.6 Å². The summed E-state index contributed by atoms with van der Waals surface area (Å²) in [6.07, 6.45) is 59.7. The normalized spacial score (nSPS) is 16.6. The van der Waals surface area contributed by atoms with Crippen LogP contribution in [0.15, 0.2) is 72.2 Å². The second-order valence-corrected chi connectivity index (χ2v) is 42.2. The topological polar surface area (TPSA) is 308 Å². The highest BCUT2D eigenvalue weighted by atomic mass is 32.7. The van der Waals surface area contributed by atoms with Crippen molar-refractivity contribution in [3.05, 3.63) is 89.0 Å². The minimum absolute atomic E-state index is 0.0506. The number of hydrogen-bond acceptors (Lipinski definition) is 22. The number of carbonyl (C=O) groups is 6. The lowest BCUT2D eigenvalue weighted by molar-refractivity contribution is -0.153. The first-order chi connectivity index (χ1) is 64.1. The zero-order chi connectivity index (χ0) is 94.7. The van der Waals surface area contributed by atoms with Gasteiger partial charge in [-0.2, -0.15) is 4.98 Å². The molecule has 742 valence electrons. The van der Waals surface area contributed by atoms with Gasteiger partial charge in [-0.3, -0.25) is 42.2 Å². The molecule has 2 saturated heterocycles. The lowest BCUT2D eigenvalue weighted by Gasteiger charge is -2.29. The van der Waals surface area contributed by atoms with E-state index in [9.17, 15) is 33.6 Å². The van der Waals surface area contributed by atoms with Crippen LogP contribution in [0.2, 0.25) is 0 Å². The molecule has 7 atom stereocenters. The fourth-order valence-corrected chi connectivity index (χ4v) is 21.5. The summed E-state index contributed by atoms with van der Waals surface area (Å²) in [6, 6.07) is 13.6. The number of carbonyl (C=O) groups excluding carboxylic acids is 6. The number of ether oxygens (including phenoxy) is 7. The molecule has 2 fully saturated rings. The van der Waals surface area contributed by atoms with E-state index in [0.29, 0.717) is 65.8 Å². The maximum absolute atomic E-state index is 15.3. The van der Waals surface area contributed by atoms with Crippen molar-refractivity contribution in [1.82, 2.24) is 34.0 Å². The highest BCUT2D eigenvalue weighted by molar-refractivity contribution is 8.55. The molecule has 2 N–H and O–H groups in total. The molecule has 2 aromatic carbocycles. The fourth-order valence-electron chi connectivity index (χ4n) is 17.0. The number of benzene rings is 2. The van der Waals surface area contributed by atoms with Gasteiger partial charge in [-0.25, -0.2) is 24.3 Å². The van der Waals surface area contributed by atoms with Crippen LogP contribution in [-0.2, 0) is 51.7 Å². The van der Waals surface area contributed by atoms with E-state index in [0.717, 1.165) is 73.7 Å². The Morgan fingerprint density at radius 1 is 0.515 bits per heavy atom. The first-order valence-corrected chi connectivity index (χ1v) is 54.6. The van der Waals surface area contributed by atoms with Crippen LogP contribution in [0.1, 0.15) is 442 Å². The Morgan fingerprint density at radius 3 is 1.44 bits per heavy atom. The highest BCUT2D eigenvalue weighted by Crippen LogP contribution is 2.67. The van der Waals surface area contributed by atoms with Gasteiger partial charge in [0, 0.05) is 54.8 Å². The molecule has 0 spiro atoms. The van der Waals surface area contributed by atoms with E-state index in [1.165, 1.54) is 287 Å². The number of hydrogen-bond donors (Lipinski definition) is 2. The van der Waals surface area contributed by atoms with Gasteiger partial charge in [0.1, 0.15) is 49.2 Å². The summed E-state index contributed by atoms with van der Waals surface area (Å²) < 4.78 is 74.8. The van der Waals surface area contributed by atoms with Crippen molar-refractivity contribution >= 4 is 76.4 Å². The van der Waals surface area contributed by atoms with E-state index in [1.807, 2.05) is 33.8 Å². The van der Waals surface area contributed by atoms with Crippen molar-refractivity contribution in [3.63, 3.8) is 0 Å². The number of esters is 2. The number of aromatic nitrogens is 6. The van der Waals surface area contributed by atoms with Gasteiger partial charge in [0.2, 0.25) is 11.7 Å². The van der Waals surface area contributed by atoms with Gasteiger partial charge in [0.25, 0.3) is 11.8 Å². The highest BCUT2D eigenvalue weighted by Gasteiger charge is 2.47. The molecule has 2 aliphatic heterocycles. The predicted molar refractivity (Wildman–Crippen MR) is 528 cm³/mol. The van der Waals surface area contributed by atoms with Crippen molar-refractivity contribution in [2.24, 2.45) is 0 Å². The summed E-state index contributed by atoms with van der Waals surface area (Å²) in [5.74, 6) is -1.30. The quantitative estimate of drug-likeness (QED) is 0.0207. The Hall–Kier alpha value is -7.29. The number of unbranched alkanes of at least 4 members (excludes halogenated alkanes) is 45. The second-order valence-electron chi connectivity index (χ2n) is 37.6. The first-order valence-electron chi connectivity index (χ1n) is 51.6. The van der Waals surface area contributed by atoms with Crippen LogP contribution >= 0.6 is 18.2 Å². The SMILES string of the molecule is CCCCCCCCCCCCCCCCCCOc1cc(C(=O)N(C)CCOC(=O)CCC(=O)Nc2ccn([C@H]3C[C@@H](OC(=O)CCC(C)=O)[C@@H](COP(=O)(O[C@@H]4C[C@H](n5cnc6c(NC(=O)c7ccccc7)ncnc65)O[C@@H]4CC)SC(C)(C)C)O3)c(=O)n2)cc(OCCCCCCCCCCCCCCCCCC)c1OCCCCCCCCCCCCCCCCCC. The van der Waals surface area contributed by atoms with Gasteiger partial charge in [0.05, 0.1) is 64.3 Å². The minimum atomic E-state index is -4.18. The number of nitrogens with zero attached hydrogens (tertiary/aromatic N) is 7. The Labute approximate surface area is 795 Å². The zero-order valence-electron chi connectivity index (χ0n) is 82.4. The number of imidazole rings is 1. The molecule has 0 bridgehead atoms. The summed E-state index contributed by atoms with van der Waals surface area (Å²) in [5, 5.41) is 5.42. The molecule has 0 radical (unpaired) electrons. The minimum Gasteiger partial charge on any atom is -0.490 e. The third-order valence-corrected chi connectivity index (χ3v) is 29.4. The van der Waals surface area contributed by atoms with Gasteiger partial charge in [0.15, 0.2) is 28.5 Å². The van der Waals surface area contributed by atoms with E-state index in [4.69, 9.17) is 42.2 Å². The molecule has 28 heteroatoms. The molecule has 0 aliphatic carbocycles. The second kappa shape index (κ2) is 66.2. The van der Waals surface area contributed by atoms with Gasteiger partial charge in [-0.1, -0.05) is 356 Å². The van der Waals surface area contributed by atoms with Crippen molar-refractivity contribution in [2.75, 3.05) is 57.3 Å². The molecular weight excluding hydrogens is 1710 g/mol. The maximum Gasteiger partial charge on any atom is 0.390 e. The van der Waals surface area contributed by atoms with Gasteiger partial charge >= 0.3 is 24.4 Å². The third-order valence-electron chi connectivity index (χ3n) is 24.7. The molecule has 3 aromatic heterocycles. The Bertz CT molecular complexity index is 4110. The number of Topliss-reactive ketones (excluding diaryl/α,β-unsaturated/α-hetero) is 1. The van der Waals surface area contributed by atoms with Crippen LogP contribution in [0.5, 0.6) is 17.2 Å². The Morgan fingerprint density at radius 2 is 0.970 bits per heavy atom. The number of likely N-dealkylation sites (N-methyl/N-ethyl adjacent to an activating group) is 1. The molecule has 5 heterocycles. The molecule has 2 aliphatic rings. The zero-order valence-corrected chi connectivity index (χ0v) is 84.1. The van der Waals surface area contributed by atoms with Crippen LogP contribution in [0.3, 0.4) is 0 Å². The van der Waals surface area contributed by atoms with Crippen molar-refractivity contribution in [1.29, 1.82) is 0 Å². The molecule has 26 nitrogen and oxygen atoms in total. The monoisotopic (exact) mass is 1880 g/mol. The standard InChI is InChI=1S/C104H168N9O17PS/c1-10-14-17-20-23-26-29-32-35-38-41-44-47-50-53-59-71-122-88-75-84(76-89(123-72-60-54-51-48-45-42-39-36-33-30-27-24-21-18-15-11-2)98(88)125-73-61-55-52-49-46-43-40-37-34-31-28-25-22-19-16-12-3)102(119)111(9)70-74-124-95(116)67-65-92(115)108-91-68-69-112(103(120)109-91)93-77-86(129-96(117)66-64-82(5)114)90(128-93)79-126-131(121,132-104(6,7)8)130-87-78-94(127-85(87)13-4)113-81-107-97-99(105-80-106-100(97)113)110-101(118)83-62-57-56-58-63-83/h56-58,62-63,68-69,75-76,80-81,85-87,90,93-94H,10-55,59-61,64-67,70-74,77-79H2,1-9H3,(H,105,106,110,118)(H,108,109,115,120)/t85-,86-,87-,90-,93-,94-,131?/m1/s1. The Balaban J connectivity index is 0.932. The smallest absolute Gasteiger partial charge is 0.390 e. The lowest BCUT2D eigenvalue weighted by Crippen LogP contribution is -2.31. The molecule has 1 unspecified atom stereocenters. The summed E-state index contributed by atoms with van der Waals surface area (Å²) >= 11 is 0.981. The lowest BCUT2D eigenvalue weighted by atomic mass is 10.0. The molecule has 3 amide bonds. The fraction of sp³-hybridized carbons (Fsp3) is 0.740. The number of anilines is 2. The summed E-state index contributed by atoms with van der Waals surface area (Å²) in [7, 11) is 1.65. The predicted octanol–water partition coefficient (Wildman–Crippen LogP) is 26.6. The molecular formula is C104H168N9O17PS. The van der Waals surface area contributed by atoms with Crippen molar-refractivity contribution in [2.45, 2.75) is 450 Å². The van der Waals surface area contributed by atoms with Crippen LogP contribution in [-0.4, -0.2) is 145 Å². The summed E-state index contributed by atoms with van der Waals surface area (Å²) in [5.41, 5.74) is 0.676. The van der Waals surface area contributed by atoms with Gasteiger partial charge in [-0.05, 0) is 74.3 Å². The van der Waals surface area contributed by atoms with E-state index in [-0.39, 0.29) is 80.9 Å². The van der Waals surface area contributed by atoms with Crippen molar-refractivity contribution in [3.8, 4) is 17.2 Å². The third kappa shape index (κ3) is 45.1. The number of nitrogens with one attached hydrogen (secondary N) is 2. The molecule has 7 rings (SSSR count). The number of fused-ring (bicyclic) bond motifs is 1. The van der Waals surface area contributed by atoms with Crippen LogP contribution in [0.25, 0.3) is 11.2 Å². The van der Waals surface area contributed by atoms with Crippen LogP contribution < -0.4 is 30.5 Å². The van der Waals surface area contributed by atoms with E-state index >= 15 is 4.57 Å². The summed E-state index contributed by atoms with van der Waals surface area (Å²) in [6.45, 7) is 12.4. The summed E-state index contributed by atoms with van der Waals surface area (Å²) in [4.78, 5) is 113. The van der Waals surface area contributed by atoms with Gasteiger partial charge < -0.3 is 53.5 Å². The van der Waals surface area contributed by atoms with E-state index in [1.54, 1.807) is 48.0 Å². The number of ketones is 1. The van der Waals surface area contributed by atoms with E-state index in [2.05, 4.69) is 51.3 Å². The number of rotatable bonds is 77. The maximum atomic E-state index is 15.3. The van der Waals surface area contributed by atoms with Gasteiger partial charge in [-0.15, -0.1) is 0 Å². The average Bonchev–Trinajstić information content (AvgIpc) is 1.61. The Kier molecular flexibility index (Phi) is 56.0. The molecule has 0 saturated carbocycles. The molecule has 5 aromatic rings. The van der Waals surface area contributed by atoms with Crippen molar-refractivity contribution < 1.29 is 75.5 Å². The number of amides is 3. The molecule has 132 heavy (non-hydrogen) atoms. The first kappa shape index (κ1) is 112. The largest absolute Gasteiger partial charge is 0.490 e. The van der Waals surface area contributed by atoms with Crippen LogP contribution in [0, 0.1) is 0 Å². The van der Waals surface area contributed by atoms with Crippen LogP contribution in [0.4, 0.5) is 11.6 Å².